The molecular formula is C16H22N4O2. The molecule has 0 saturated heterocycles. The molecule has 0 radical (unpaired) electrons. The van der Waals surface area contributed by atoms with E-state index in [4.69, 9.17) is 5.73 Å². The Morgan fingerprint density at radius 3 is 2.86 bits per heavy atom. The molecule has 1 fully saturated rings. The van der Waals surface area contributed by atoms with Gasteiger partial charge in [-0.15, -0.1) is 0 Å². The van der Waals surface area contributed by atoms with Crippen molar-refractivity contribution in [3.05, 3.63) is 29.5 Å². The zero-order chi connectivity index (χ0) is 15.9. The number of aromatic nitrogens is 1. The number of aliphatic hydroxyl groups is 2. The number of nitrogens with zero attached hydrogens (tertiary/aromatic N) is 3. The average Bonchev–Trinajstić information content (AvgIpc) is 3.07. The van der Waals surface area contributed by atoms with Gasteiger partial charge in [-0.2, -0.15) is 0 Å². The number of nitrogens with two attached hydrogens (primary N) is 1. The number of aliphatic hydroxyl groups excluding tert-OH is 2. The maximum atomic E-state index is 10.3. The van der Waals surface area contributed by atoms with E-state index in [0.717, 1.165) is 5.56 Å². The summed E-state index contributed by atoms with van der Waals surface area (Å²) in [7, 11) is 1.64. The highest BCUT2D eigenvalue weighted by Crippen LogP contribution is 2.47. The van der Waals surface area contributed by atoms with E-state index in [1.807, 2.05) is 16.8 Å². The molecule has 6 nitrogen and oxygen atoms in total. The summed E-state index contributed by atoms with van der Waals surface area (Å²) in [5, 5.41) is 20.2. The monoisotopic (exact) mass is 302 g/mol. The number of rotatable bonds is 3. The van der Waals surface area contributed by atoms with Gasteiger partial charge in [-0.05, 0) is 37.6 Å². The Bertz CT molecular complexity index is 647. The predicted molar refractivity (Wildman–Crippen MR) is 86.8 cm³/mol. The van der Waals surface area contributed by atoms with Crippen LogP contribution in [0.3, 0.4) is 0 Å². The van der Waals surface area contributed by atoms with Crippen molar-refractivity contribution in [1.82, 2.24) is 4.57 Å². The van der Waals surface area contributed by atoms with Gasteiger partial charge in [0.05, 0.1) is 23.8 Å². The largest absolute Gasteiger partial charge is 0.393 e. The van der Waals surface area contributed by atoms with Gasteiger partial charge >= 0.3 is 0 Å². The van der Waals surface area contributed by atoms with Crippen LogP contribution in [0, 0.1) is 5.92 Å². The van der Waals surface area contributed by atoms with Crippen molar-refractivity contribution in [3.8, 4) is 0 Å². The molecule has 1 aromatic rings. The van der Waals surface area contributed by atoms with Crippen LogP contribution in [0.1, 0.15) is 30.9 Å². The van der Waals surface area contributed by atoms with Gasteiger partial charge in [0.2, 0.25) is 0 Å². The molecule has 22 heavy (non-hydrogen) atoms. The molecule has 0 unspecified atom stereocenters. The van der Waals surface area contributed by atoms with Crippen molar-refractivity contribution < 1.29 is 10.2 Å². The van der Waals surface area contributed by atoms with E-state index in [2.05, 4.69) is 22.8 Å². The summed E-state index contributed by atoms with van der Waals surface area (Å²) in [5.74, 6) is 1.12. The number of aliphatic imine (C=N–C) groups is 2. The second-order valence-electron chi connectivity index (χ2n) is 5.98. The minimum Gasteiger partial charge on any atom is -0.393 e. The molecule has 0 spiro atoms. The van der Waals surface area contributed by atoms with E-state index in [9.17, 15) is 10.2 Å². The molecule has 1 saturated carbocycles. The summed E-state index contributed by atoms with van der Waals surface area (Å²) in [6.07, 6.45) is 5.05. The average molecular weight is 302 g/mol. The summed E-state index contributed by atoms with van der Waals surface area (Å²) in [5.41, 5.74) is 7.85. The summed E-state index contributed by atoms with van der Waals surface area (Å²) in [4.78, 5) is 8.13. The molecule has 4 atom stereocenters. The number of hydrogen-bond acceptors (Lipinski definition) is 4. The minimum atomic E-state index is -0.438. The second kappa shape index (κ2) is 5.70. The van der Waals surface area contributed by atoms with Crippen molar-refractivity contribution in [3.63, 3.8) is 0 Å². The molecule has 1 aromatic heterocycles. The van der Waals surface area contributed by atoms with Crippen LogP contribution in [0.4, 0.5) is 5.82 Å². The normalized spacial score (nSPS) is 31.8. The fourth-order valence-corrected chi connectivity index (χ4v) is 3.69. The van der Waals surface area contributed by atoms with Crippen LogP contribution in [0.2, 0.25) is 0 Å². The van der Waals surface area contributed by atoms with Crippen LogP contribution in [-0.4, -0.2) is 46.6 Å². The highest BCUT2D eigenvalue weighted by atomic mass is 16.3. The molecule has 4 N–H and O–H groups in total. The van der Waals surface area contributed by atoms with Crippen LogP contribution in [0.5, 0.6) is 0 Å². The van der Waals surface area contributed by atoms with Gasteiger partial charge in [-0.25, -0.2) is 4.99 Å². The molecule has 2 aliphatic rings. The van der Waals surface area contributed by atoms with Crippen LogP contribution >= 0.6 is 0 Å². The van der Waals surface area contributed by atoms with E-state index < -0.39 is 6.10 Å². The smallest absolute Gasteiger partial charge is 0.143 e. The van der Waals surface area contributed by atoms with Crippen molar-refractivity contribution in [2.45, 2.75) is 37.5 Å². The Morgan fingerprint density at radius 2 is 2.18 bits per heavy atom. The molecule has 0 amide bonds. The molecular weight excluding hydrogens is 280 g/mol. The summed E-state index contributed by atoms with van der Waals surface area (Å²) in [6.45, 7) is 3.64. The van der Waals surface area contributed by atoms with E-state index in [0.29, 0.717) is 30.9 Å². The second-order valence-corrected chi connectivity index (χ2v) is 5.98. The van der Waals surface area contributed by atoms with Gasteiger partial charge in [0.25, 0.3) is 0 Å². The van der Waals surface area contributed by atoms with Gasteiger partial charge in [0.1, 0.15) is 11.7 Å². The SMILES string of the molecule is C=Nc1c(C(N)=NC)ccn1[C@H]1C[C@H](O)[C@H]2C[C@H](O)CC=C21. The lowest BCUT2D eigenvalue weighted by Gasteiger charge is -2.26. The third kappa shape index (κ3) is 2.28. The molecule has 6 heteroatoms. The van der Waals surface area contributed by atoms with E-state index in [1.54, 1.807) is 7.05 Å². The molecule has 1 heterocycles. The van der Waals surface area contributed by atoms with Crippen molar-refractivity contribution in [2.24, 2.45) is 21.6 Å². The lowest BCUT2D eigenvalue weighted by atomic mass is 9.86. The third-order valence-electron chi connectivity index (χ3n) is 4.78. The van der Waals surface area contributed by atoms with Gasteiger partial charge in [0, 0.05) is 19.2 Å². The van der Waals surface area contributed by atoms with Crippen LogP contribution < -0.4 is 5.73 Å². The highest BCUT2D eigenvalue weighted by molar-refractivity contribution is 6.01. The lowest BCUT2D eigenvalue weighted by Crippen LogP contribution is -2.24. The summed E-state index contributed by atoms with van der Waals surface area (Å²) in [6, 6.07) is 1.91. The number of amidine groups is 1. The third-order valence-corrected chi connectivity index (χ3v) is 4.78. The summed E-state index contributed by atoms with van der Waals surface area (Å²) >= 11 is 0. The fourth-order valence-electron chi connectivity index (χ4n) is 3.69. The number of hydrogen-bond donors (Lipinski definition) is 3. The Balaban J connectivity index is 2.02. The molecule has 0 bridgehead atoms. The van der Waals surface area contributed by atoms with E-state index in [1.165, 1.54) is 5.57 Å². The first kappa shape index (κ1) is 15.0. The highest BCUT2D eigenvalue weighted by Gasteiger charge is 2.41. The molecule has 0 aliphatic heterocycles. The zero-order valence-corrected chi connectivity index (χ0v) is 12.7. The lowest BCUT2D eigenvalue weighted by molar-refractivity contribution is 0.0845. The minimum absolute atomic E-state index is 0.0226. The molecule has 118 valence electrons. The van der Waals surface area contributed by atoms with E-state index in [-0.39, 0.29) is 18.1 Å². The maximum absolute atomic E-state index is 10.3. The Hall–Kier alpha value is -1.92. The Labute approximate surface area is 129 Å². The van der Waals surface area contributed by atoms with Gasteiger partial charge in [-0.3, -0.25) is 4.99 Å². The predicted octanol–water partition coefficient (Wildman–Crippen LogP) is 1.16. The Kier molecular flexibility index (Phi) is 3.88. The topological polar surface area (TPSA) is 96.1 Å². The van der Waals surface area contributed by atoms with Crippen LogP contribution in [0.15, 0.2) is 33.9 Å². The molecule has 0 aromatic carbocycles. The standard InChI is InChI=1S/C16H22N4O2/c1-18-15(17)11-5-6-20(16(11)19-2)13-8-14(22)12-7-9(21)3-4-10(12)13/h4-6,9,12-14,21-22H,2-3,7-8H2,1H3,(H2,17,18)/t9-,12+,13+,14+/m1/s1. The van der Waals surface area contributed by atoms with E-state index >= 15 is 0 Å². The first-order chi connectivity index (χ1) is 10.6. The van der Waals surface area contributed by atoms with Crippen molar-refractivity contribution in [1.29, 1.82) is 0 Å². The van der Waals surface area contributed by atoms with Crippen molar-refractivity contribution >= 4 is 18.4 Å². The fraction of sp³-hybridized carbons (Fsp3) is 0.500. The van der Waals surface area contributed by atoms with Crippen LogP contribution in [-0.2, 0) is 0 Å². The molecule has 3 rings (SSSR count). The van der Waals surface area contributed by atoms with Gasteiger partial charge in [0.15, 0.2) is 0 Å². The summed E-state index contributed by atoms with van der Waals surface area (Å²) < 4.78 is 2.01. The Morgan fingerprint density at radius 1 is 1.41 bits per heavy atom. The first-order valence-corrected chi connectivity index (χ1v) is 7.53. The number of fused-ring (bicyclic) bond motifs is 1. The van der Waals surface area contributed by atoms with Gasteiger partial charge in [-0.1, -0.05) is 6.08 Å². The first-order valence-electron chi connectivity index (χ1n) is 7.53. The maximum Gasteiger partial charge on any atom is 0.143 e. The molecule has 2 aliphatic carbocycles. The van der Waals surface area contributed by atoms with Gasteiger partial charge < -0.3 is 20.5 Å². The quantitative estimate of drug-likeness (QED) is 0.444. The van der Waals surface area contributed by atoms with Crippen molar-refractivity contribution in [2.75, 3.05) is 7.05 Å². The van der Waals surface area contributed by atoms with Crippen LogP contribution in [0.25, 0.3) is 0 Å². The zero-order valence-electron chi connectivity index (χ0n) is 12.7.